The Morgan fingerprint density at radius 1 is 1.32 bits per heavy atom. The predicted molar refractivity (Wildman–Crippen MR) is 81.8 cm³/mol. The standard InChI is InChI=1S/C15H21N5O2/c1-10-7-11(2)17-15(16-10)20-4-6-22-14(9-20)13-8-12(3-5-21)18-19-13/h7-8,14,21H,3-6,9H2,1-2H3,(H,18,19)/t14-/m1/s1. The molecule has 2 N–H and O–H groups in total. The number of hydrogen-bond donors (Lipinski definition) is 2. The van der Waals surface area contributed by atoms with E-state index in [1.807, 2.05) is 26.0 Å². The number of aryl methyl sites for hydroxylation is 2. The van der Waals surface area contributed by atoms with E-state index in [9.17, 15) is 0 Å². The Morgan fingerprint density at radius 3 is 2.82 bits per heavy atom. The van der Waals surface area contributed by atoms with E-state index in [2.05, 4.69) is 25.1 Å². The molecular formula is C15H21N5O2. The van der Waals surface area contributed by atoms with E-state index in [1.54, 1.807) is 0 Å². The molecule has 7 heteroatoms. The van der Waals surface area contributed by atoms with Crippen LogP contribution >= 0.6 is 0 Å². The van der Waals surface area contributed by atoms with Crippen molar-refractivity contribution in [1.82, 2.24) is 20.2 Å². The number of nitrogens with one attached hydrogen (secondary N) is 1. The van der Waals surface area contributed by atoms with Crippen LogP contribution in [-0.2, 0) is 11.2 Å². The number of H-pyrrole nitrogens is 1. The average Bonchev–Trinajstić information content (AvgIpc) is 2.95. The zero-order valence-corrected chi connectivity index (χ0v) is 12.9. The first kappa shape index (κ1) is 14.9. The molecule has 118 valence electrons. The summed E-state index contributed by atoms with van der Waals surface area (Å²) in [5, 5.41) is 16.2. The first-order valence-electron chi connectivity index (χ1n) is 7.49. The van der Waals surface area contributed by atoms with Crippen molar-refractivity contribution >= 4 is 5.95 Å². The monoisotopic (exact) mass is 303 g/mol. The Hall–Kier alpha value is -1.99. The van der Waals surface area contributed by atoms with E-state index in [0.717, 1.165) is 35.3 Å². The lowest BCUT2D eigenvalue weighted by Gasteiger charge is -2.32. The van der Waals surface area contributed by atoms with Crippen molar-refractivity contribution in [2.75, 3.05) is 31.2 Å². The van der Waals surface area contributed by atoms with Gasteiger partial charge in [-0.1, -0.05) is 0 Å². The second-order valence-electron chi connectivity index (χ2n) is 5.55. The number of ether oxygens (including phenoxy) is 1. The Bertz CT molecular complexity index is 622. The Morgan fingerprint density at radius 2 is 2.09 bits per heavy atom. The molecule has 0 amide bonds. The van der Waals surface area contributed by atoms with Crippen molar-refractivity contribution in [2.45, 2.75) is 26.4 Å². The van der Waals surface area contributed by atoms with Crippen molar-refractivity contribution in [2.24, 2.45) is 0 Å². The lowest BCUT2D eigenvalue weighted by molar-refractivity contribution is 0.0364. The molecule has 0 aliphatic carbocycles. The van der Waals surface area contributed by atoms with Gasteiger partial charge < -0.3 is 14.7 Å². The molecular weight excluding hydrogens is 282 g/mol. The summed E-state index contributed by atoms with van der Waals surface area (Å²) in [6.07, 6.45) is 0.464. The molecule has 22 heavy (non-hydrogen) atoms. The van der Waals surface area contributed by atoms with Crippen molar-refractivity contribution in [3.8, 4) is 0 Å². The summed E-state index contributed by atoms with van der Waals surface area (Å²) in [4.78, 5) is 11.2. The minimum atomic E-state index is -0.109. The first-order valence-corrected chi connectivity index (χ1v) is 7.49. The Kier molecular flexibility index (Phi) is 4.35. The molecule has 1 aliphatic rings. The number of aromatic nitrogens is 4. The third-order valence-corrected chi connectivity index (χ3v) is 3.68. The van der Waals surface area contributed by atoms with E-state index in [0.29, 0.717) is 19.6 Å². The number of nitrogens with zero attached hydrogens (tertiary/aromatic N) is 4. The molecule has 0 radical (unpaired) electrons. The Labute approximate surface area is 129 Å². The topological polar surface area (TPSA) is 87.2 Å². The second kappa shape index (κ2) is 6.41. The molecule has 1 fully saturated rings. The Balaban J connectivity index is 1.75. The highest BCUT2D eigenvalue weighted by Crippen LogP contribution is 2.24. The van der Waals surface area contributed by atoms with Gasteiger partial charge in [-0.15, -0.1) is 0 Å². The van der Waals surface area contributed by atoms with Crippen LogP contribution in [0.4, 0.5) is 5.95 Å². The number of morpholine rings is 1. The van der Waals surface area contributed by atoms with Crippen molar-refractivity contribution in [3.05, 3.63) is 34.9 Å². The highest BCUT2D eigenvalue weighted by molar-refractivity contribution is 5.33. The zero-order chi connectivity index (χ0) is 15.5. The summed E-state index contributed by atoms with van der Waals surface area (Å²) in [5.41, 5.74) is 3.71. The maximum Gasteiger partial charge on any atom is 0.225 e. The van der Waals surface area contributed by atoms with Crippen LogP contribution in [0.3, 0.4) is 0 Å². The number of aromatic amines is 1. The third kappa shape index (κ3) is 3.26. The molecule has 0 spiro atoms. The second-order valence-corrected chi connectivity index (χ2v) is 5.55. The van der Waals surface area contributed by atoms with Gasteiger partial charge in [0.05, 0.1) is 18.8 Å². The van der Waals surface area contributed by atoms with Gasteiger partial charge in [-0.05, 0) is 26.0 Å². The van der Waals surface area contributed by atoms with Gasteiger partial charge in [0.2, 0.25) is 5.95 Å². The summed E-state index contributed by atoms with van der Waals surface area (Å²) in [6, 6.07) is 3.92. The quantitative estimate of drug-likeness (QED) is 0.874. The van der Waals surface area contributed by atoms with Gasteiger partial charge in [-0.2, -0.15) is 5.10 Å². The lowest BCUT2D eigenvalue weighted by Crippen LogP contribution is -2.39. The summed E-state index contributed by atoms with van der Waals surface area (Å²) >= 11 is 0. The fourth-order valence-corrected chi connectivity index (χ4v) is 2.65. The van der Waals surface area contributed by atoms with Crippen LogP contribution in [0.25, 0.3) is 0 Å². The van der Waals surface area contributed by atoms with Crippen LogP contribution in [0, 0.1) is 13.8 Å². The van der Waals surface area contributed by atoms with Crippen LogP contribution in [0.5, 0.6) is 0 Å². The summed E-state index contributed by atoms with van der Waals surface area (Å²) in [6.45, 7) is 6.12. The molecule has 0 bridgehead atoms. The van der Waals surface area contributed by atoms with Crippen molar-refractivity contribution in [1.29, 1.82) is 0 Å². The molecule has 1 aliphatic heterocycles. The number of anilines is 1. The summed E-state index contributed by atoms with van der Waals surface area (Å²) in [5.74, 6) is 0.747. The van der Waals surface area contributed by atoms with E-state index in [-0.39, 0.29) is 12.7 Å². The number of rotatable bonds is 4. The molecule has 3 heterocycles. The molecule has 1 atom stereocenters. The lowest BCUT2D eigenvalue weighted by atomic mass is 10.2. The average molecular weight is 303 g/mol. The van der Waals surface area contributed by atoms with Crippen molar-refractivity contribution < 1.29 is 9.84 Å². The SMILES string of the molecule is Cc1cc(C)nc(N2CCO[C@@H](c3cc(CCO)[nH]n3)C2)n1. The van der Waals surface area contributed by atoms with Crippen molar-refractivity contribution in [3.63, 3.8) is 0 Å². The molecule has 7 nitrogen and oxygen atoms in total. The van der Waals surface area contributed by atoms with Crippen LogP contribution < -0.4 is 4.90 Å². The van der Waals surface area contributed by atoms with Gasteiger partial charge in [0.1, 0.15) is 6.10 Å². The van der Waals surface area contributed by atoms with Gasteiger partial charge in [0.25, 0.3) is 0 Å². The normalized spacial score (nSPS) is 18.7. The van der Waals surface area contributed by atoms with E-state index < -0.39 is 0 Å². The van der Waals surface area contributed by atoms with Crippen LogP contribution in [0.2, 0.25) is 0 Å². The van der Waals surface area contributed by atoms with Gasteiger partial charge >= 0.3 is 0 Å². The van der Waals surface area contributed by atoms with Gasteiger partial charge in [-0.25, -0.2) is 9.97 Å². The fraction of sp³-hybridized carbons (Fsp3) is 0.533. The zero-order valence-electron chi connectivity index (χ0n) is 12.9. The minimum Gasteiger partial charge on any atom is -0.396 e. The molecule has 0 aromatic carbocycles. The third-order valence-electron chi connectivity index (χ3n) is 3.68. The molecule has 0 saturated carbocycles. The highest BCUT2D eigenvalue weighted by atomic mass is 16.5. The largest absolute Gasteiger partial charge is 0.396 e. The molecule has 2 aromatic heterocycles. The minimum absolute atomic E-state index is 0.107. The number of aliphatic hydroxyl groups is 1. The van der Waals surface area contributed by atoms with Gasteiger partial charge in [-0.3, -0.25) is 5.10 Å². The molecule has 2 aromatic rings. The fourth-order valence-electron chi connectivity index (χ4n) is 2.65. The van der Waals surface area contributed by atoms with E-state index in [1.165, 1.54) is 0 Å². The van der Waals surface area contributed by atoms with Gasteiger partial charge in [0.15, 0.2) is 0 Å². The number of aliphatic hydroxyl groups excluding tert-OH is 1. The highest BCUT2D eigenvalue weighted by Gasteiger charge is 2.25. The predicted octanol–water partition coefficient (Wildman–Crippen LogP) is 0.929. The molecule has 0 unspecified atom stereocenters. The van der Waals surface area contributed by atoms with Gasteiger partial charge in [0, 0.05) is 36.7 Å². The van der Waals surface area contributed by atoms with E-state index in [4.69, 9.17) is 9.84 Å². The van der Waals surface area contributed by atoms with E-state index >= 15 is 0 Å². The van der Waals surface area contributed by atoms with Crippen LogP contribution in [0.15, 0.2) is 12.1 Å². The number of hydrogen-bond acceptors (Lipinski definition) is 6. The molecule has 1 saturated heterocycles. The summed E-state index contributed by atoms with van der Waals surface area (Å²) < 4.78 is 5.83. The molecule has 3 rings (SSSR count). The maximum atomic E-state index is 8.98. The summed E-state index contributed by atoms with van der Waals surface area (Å²) in [7, 11) is 0. The smallest absolute Gasteiger partial charge is 0.225 e. The first-order chi connectivity index (χ1) is 10.7. The van der Waals surface area contributed by atoms with Crippen LogP contribution in [0.1, 0.15) is 28.9 Å². The maximum absolute atomic E-state index is 8.98. The van der Waals surface area contributed by atoms with Crippen LogP contribution in [-0.4, -0.2) is 51.6 Å².